The average molecular weight is 364 g/mol. The standard InChI is InChI=1S/C3H5N3.C2HF6NO4S2/c4-3-5-1-2-6-3;3-1(4,5)14(10,11)9-15(12,13)2(6,7)8/h1-2H,(H3,4,5,6);9H. The highest BCUT2D eigenvalue weighted by Crippen LogP contribution is 2.27. The Morgan fingerprint density at radius 3 is 1.52 bits per heavy atom. The summed E-state index contributed by atoms with van der Waals surface area (Å²) in [7, 11) is -13.2. The lowest BCUT2D eigenvalue weighted by Gasteiger charge is -2.11. The third-order valence-electron chi connectivity index (χ3n) is 1.35. The van der Waals surface area contributed by atoms with Gasteiger partial charge in [0.15, 0.2) is 5.95 Å². The molecule has 4 N–H and O–H groups in total. The molecule has 1 rings (SSSR count). The van der Waals surface area contributed by atoms with Gasteiger partial charge in [-0.05, 0) is 0 Å². The van der Waals surface area contributed by atoms with Crippen LogP contribution >= 0.6 is 0 Å². The molecule has 0 amide bonds. The van der Waals surface area contributed by atoms with Crippen molar-refractivity contribution in [3.63, 3.8) is 0 Å². The molecule has 0 unspecified atom stereocenters. The van der Waals surface area contributed by atoms with E-state index < -0.39 is 35.2 Å². The number of anilines is 1. The molecule has 1 heterocycles. The topological polar surface area (TPSA) is 135 Å². The third-order valence-corrected chi connectivity index (χ3v) is 4.32. The van der Waals surface area contributed by atoms with Crippen LogP contribution in [-0.4, -0.2) is 37.8 Å². The Morgan fingerprint density at radius 1 is 1.00 bits per heavy atom. The van der Waals surface area contributed by atoms with Crippen molar-refractivity contribution in [3.05, 3.63) is 12.4 Å². The van der Waals surface area contributed by atoms with E-state index in [2.05, 4.69) is 9.97 Å². The first kappa shape index (κ1) is 19.4. The average Bonchev–Trinajstić information content (AvgIpc) is 2.64. The van der Waals surface area contributed by atoms with Gasteiger partial charge in [0.25, 0.3) is 0 Å². The fraction of sp³-hybridized carbons (Fsp3) is 0.400. The van der Waals surface area contributed by atoms with Crippen molar-refractivity contribution in [1.29, 1.82) is 0 Å². The van der Waals surface area contributed by atoms with Gasteiger partial charge in [0.05, 0.1) is 0 Å². The molecule has 16 heteroatoms. The van der Waals surface area contributed by atoms with Crippen molar-refractivity contribution in [2.75, 3.05) is 5.73 Å². The quantitative estimate of drug-likeness (QED) is 0.645. The van der Waals surface area contributed by atoms with E-state index in [1.54, 1.807) is 12.4 Å². The maximum atomic E-state index is 11.5. The molecular weight excluding hydrogens is 358 g/mol. The van der Waals surface area contributed by atoms with Crippen molar-refractivity contribution in [2.24, 2.45) is 0 Å². The van der Waals surface area contributed by atoms with E-state index in [0.717, 1.165) is 0 Å². The minimum absolute atomic E-state index is 0.468. The maximum Gasteiger partial charge on any atom is 0.512 e. The normalized spacial score (nSPS) is 13.4. The second kappa shape index (κ2) is 6.06. The number of aromatic nitrogens is 2. The lowest BCUT2D eigenvalue weighted by Crippen LogP contribution is -2.45. The fourth-order valence-electron chi connectivity index (χ4n) is 0.516. The summed E-state index contributed by atoms with van der Waals surface area (Å²) < 4.78 is 108. The van der Waals surface area contributed by atoms with Gasteiger partial charge in [0.1, 0.15) is 0 Å². The predicted octanol–water partition coefficient (Wildman–Crippen LogP) is 0.267. The highest BCUT2D eigenvalue weighted by molar-refractivity contribution is 8.05. The smallest absolute Gasteiger partial charge is 0.369 e. The number of halogens is 6. The van der Waals surface area contributed by atoms with Crippen molar-refractivity contribution in [1.82, 2.24) is 14.1 Å². The van der Waals surface area contributed by atoms with E-state index in [1.165, 1.54) is 0 Å². The molecule has 21 heavy (non-hydrogen) atoms. The molecular formula is C5H6F6N4O4S2. The van der Waals surface area contributed by atoms with E-state index in [1.807, 2.05) is 0 Å². The van der Waals surface area contributed by atoms with E-state index in [0.29, 0.717) is 5.95 Å². The van der Waals surface area contributed by atoms with Crippen LogP contribution in [0.3, 0.4) is 0 Å². The molecule has 1 aromatic heterocycles. The summed E-state index contributed by atoms with van der Waals surface area (Å²) in [6.45, 7) is 0. The molecule has 0 radical (unpaired) electrons. The summed E-state index contributed by atoms with van der Waals surface area (Å²) in [5.41, 5.74) is -7.18. The summed E-state index contributed by atoms with van der Waals surface area (Å²) in [5, 5.41) is 0. The number of sulfonamides is 2. The Bertz CT molecular complexity index is 604. The summed E-state index contributed by atoms with van der Waals surface area (Å²) in [6.07, 6.45) is 3.28. The Balaban J connectivity index is 0.000000547. The van der Waals surface area contributed by atoms with Crippen LogP contribution in [0, 0.1) is 0 Å². The summed E-state index contributed by atoms with van der Waals surface area (Å²) >= 11 is 0. The van der Waals surface area contributed by atoms with Crippen LogP contribution in [0.15, 0.2) is 12.4 Å². The molecule has 0 fully saturated rings. The van der Waals surface area contributed by atoms with Crippen molar-refractivity contribution < 1.29 is 43.2 Å². The zero-order valence-electron chi connectivity index (χ0n) is 9.40. The number of nitrogen functional groups attached to an aromatic ring is 1. The fourth-order valence-corrected chi connectivity index (χ4v) is 2.43. The van der Waals surface area contributed by atoms with Gasteiger partial charge in [-0.3, -0.25) is 0 Å². The number of hydrogen-bond acceptors (Lipinski definition) is 6. The van der Waals surface area contributed by atoms with Crippen molar-refractivity contribution in [2.45, 2.75) is 11.0 Å². The zero-order valence-corrected chi connectivity index (χ0v) is 11.0. The molecule has 0 aliphatic carbocycles. The first-order chi connectivity index (χ1) is 9.10. The monoisotopic (exact) mass is 364 g/mol. The lowest BCUT2D eigenvalue weighted by molar-refractivity contribution is -0.0476. The van der Waals surface area contributed by atoms with Crippen LogP contribution in [0.25, 0.3) is 0 Å². The van der Waals surface area contributed by atoms with Gasteiger partial charge in [-0.15, -0.1) is 0 Å². The molecule has 1 aromatic rings. The number of imidazole rings is 1. The minimum atomic E-state index is -6.60. The van der Waals surface area contributed by atoms with Crippen LogP contribution in [0.1, 0.15) is 0 Å². The second-order valence-corrected chi connectivity index (χ2v) is 6.56. The molecule has 0 aromatic carbocycles. The molecule has 0 aliphatic heterocycles. The molecule has 8 nitrogen and oxygen atoms in total. The van der Waals surface area contributed by atoms with Gasteiger partial charge in [0, 0.05) is 12.4 Å². The maximum absolute atomic E-state index is 11.5. The van der Waals surface area contributed by atoms with Crippen LogP contribution in [-0.2, 0) is 20.0 Å². The number of hydrogen-bond donors (Lipinski definition) is 3. The number of nitrogens with one attached hydrogen (secondary N) is 2. The Labute approximate surface area is 113 Å². The van der Waals surface area contributed by atoms with Crippen molar-refractivity contribution >= 4 is 26.0 Å². The highest BCUT2D eigenvalue weighted by Gasteiger charge is 2.55. The minimum Gasteiger partial charge on any atom is -0.369 e. The van der Waals surface area contributed by atoms with E-state index in [-0.39, 0.29) is 0 Å². The summed E-state index contributed by atoms with van der Waals surface area (Å²) in [4.78, 5) is 6.31. The number of nitrogens with two attached hydrogens (primary N) is 1. The number of rotatable bonds is 2. The molecule has 124 valence electrons. The Kier molecular flexibility index (Phi) is 5.61. The molecule has 0 saturated carbocycles. The van der Waals surface area contributed by atoms with Gasteiger partial charge >= 0.3 is 31.1 Å². The van der Waals surface area contributed by atoms with Gasteiger partial charge in [-0.25, -0.2) is 21.8 Å². The highest BCUT2D eigenvalue weighted by atomic mass is 32.3. The Hall–Kier alpha value is -1.55. The van der Waals surface area contributed by atoms with E-state index in [9.17, 15) is 43.2 Å². The predicted molar refractivity (Wildman–Crippen MR) is 56.1 cm³/mol. The van der Waals surface area contributed by atoms with Gasteiger partial charge in [-0.1, -0.05) is 4.13 Å². The number of H-pyrrole nitrogens is 1. The molecule has 0 atom stereocenters. The summed E-state index contributed by atoms with van der Waals surface area (Å²) in [5.74, 6) is 0.468. The molecule has 0 aliphatic rings. The van der Waals surface area contributed by atoms with Gasteiger partial charge in [-0.2, -0.15) is 26.3 Å². The molecule has 0 spiro atoms. The number of aromatic amines is 1. The van der Waals surface area contributed by atoms with Gasteiger partial charge < -0.3 is 10.7 Å². The first-order valence-corrected chi connectivity index (χ1v) is 7.23. The largest absolute Gasteiger partial charge is 0.512 e. The zero-order chi connectivity index (χ0) is 17.1. The van der Waals surface area contributed by atoms with E-state index in [4.69, 9.17) is 5.73 Å². The second-order valence-electron chi connectivity index (χ2n) is 2.96. The summed E-state index contributed by atoms with van der Waals surface area (Å²) in [6, 6.07) is 0. The SMILES string of the molecule is Nc1ncc[nH]1.O=S(=O)(NS(=O)(=O)C(F)(F)F)C(F)(F)F. The first-order valence-electron chi connectivity index (χ1n) is 4.26. The number of alkyl halides is 6. The van der Waals surface area contributed by atoms with E-state index >= 15 is 0 Å². The van der Waals surface area contributed by atoms with Crippen LogP contribution in [0.4, 0.5) is 32.3 Å². The molecule has 0 saturated heterocycles. The molecule has 0 bridgehead atoms. The third kappa shape index (κ3) is 5.76. The number of nitrogens with zero attached hydrogens (tertiary/aromatic N) is 1. The van der Waals surface area contributed by atoms with Crippen LogP contribution in [0.2, 0.25) is 0 Å². The Morgan fingerprint density at radius 2 is 1.38 bits per heavy atom. The van der Waals surface area contributed by atoms with Gasteiger partial charge in [0.2, 0.25) is 0 Å². The lowest BCUT2D eigenvalue weighted by atomic mass is 11.0. The van der Waals surface area contributed by atoms with Crippen LogP contribution < -0.4 is 9.86 Å². The van der Waals surface area contributed by atoms with Crippen LogP contribution in [0.5, 0.6) is 0 Å². The van der Waals surface area contributed by atoms with Crippen molar-refractivity contribution in [3.8, 4) is 0 Å².